The predicted molar refractivity (Wildman–Crippen MR) is 197 cm³/mol. The molecule has 0 radical (unpaired) electrons. The predicted octanol–water partition coefficient (Wildman–Crippen LogP) is -0.378. The first-order valence-electron chi connectivity index (χ1n) is 18.9. The van der Waals surface area contributed by atoms with E-state index >= 15 is 0 Å². The Kier molecular flexibility index (Phi) is 17.4. The molecule has 0 aromatic carbocycles. The smallest absolute Gasteiger partial charge is 0.245 e. The molecular weight excluding hydrogens is 686 g/mol. The van der Waals surface area contributed by atoms with E-state index in [4.69, 9.17) is 0 Å². The summed E-state index contributed by atoms with van der Waals surface area (Å²) in [5, 5.41) is 37.9. The summed E-state index contributed by atoms with van der Waals surface area (Å²) < 4.78 is 0. The van der Waals surface area contributed by atoms with Gasteiger partial charge in [-0.1, -0.05) is 61.0 Å². The lowest BCUT2D eigenvalue weighted by Gasteiger charge is -2.38. The minimum Gasteiger partial charge on any atom is -0.390 e. The quantitative estimate of drug-likeness (QED) is 0.143. The molecule has 2 unspecified atom stereocenters. The molecule has 8 N–H and O–H groups in total. The van der Waals surface area contributed by atoms with E-state index in [1.165, 1.54) is 18.7 Å². The SMILES string of the molecule is C=C[C@H](C)C[C@@H]1NC(=O)[C@H]([C@H](O)C(C)C)NC(=O)[C@H](C)NC(=O)C([C@@H](C)CC)NC(=O)C([C@H](O)C(C)C)NC(=O)[C@H]2CCCCN2C(=O)[C@H](C)NC1=O. The summed E-state index contributed by atoms with van der Waals surface area (Å²) in [5.74, 6) is -6.98. The van der Waals surface area contributed by atoms with Crippen molar-refractivity contribution in [2.45, 2.75) is 149 Å². The number of aliphatic hydroxyl groups is 2. The van der Waals surface area contributed by atoms with Crippen LogP contribution in [0.4, 0.5) is 0 Å². The van der Waals surface area contributed by atoms with Gasteiger partial charge in [-0.3, -0.25) is 33.6 Å². The number of piperidine rings is 1. The second-order valence-corrected chi connectivity index (χ2v) is 15.3. The van der Waals surface area contributed by atoms with Gasteiger partial charge >= 0.3 is 0 Å². The third-order valence-corrected chi connectivity index (χ3v) is 10.2. The van der Waals surface area contributed by atoms with Crippen molar-refractivity contribution < 1.29 is 43.8 Å². The standard InChI is InChI=1S/C37H63N7O9/c1-11-20(7)17-24-32(48)39-23(10)37(53)44-16-14-13-15-25(44)33(49)43-28(30(46)19(5)6)36(52)41-26(21(8)12-2)34(50)38-22(9)31(47)42-27(35(51)40-24)29(45)18(3)4/h11,18-30,45-46H,1,12-17H2,2-10H3,(H,38,50)(H,39,48)(H,40,51)(H,41,52)(H,42,47)(H,43,49)/t20-,21-,22-,23-,24-,25+,26?,27-,28?,29+,30+/m0/s1. The second-order valence-electron chi connectivity index (χ2n) is 15.3. The molecule has 0 aromatic heterocycles. The molecule has 2 heterocycles. The monoisotopic (exact) mass is 749 g/mol. The number of nitrogens with zero attached hydrogens (tertiary/aromatic N) is 1. The van der Waals surface area contributed by atoms with Crippen LogP contribution in [0, 0.1) is 23.7 Å². The summed E-state index contributed by atoms with van der Waals surface area (Å²) in [4.78, 5) is 97.6. The number of amides is 7. The van der Waals surface area contributed by atoms with Gasteiger partial charge in [-0.05, 0) is 63.2 Å². The first-order chi connectivity index (χ1) is 24.7. The Balaban J connectivity index is 2.69. The van der Waals surface area contributed by atoms with E-state index in [1.54, 1.807) is 54.5 Å². The maximum Gasteiger partial charge on any atom is 0.245 e. The fourth-order valence-corrected chi connectivity index (χ4v) is 6.28. The Labute approximate surface area is 313 Å². The first kappa shape index (κ1) is 45.1. The molecule has 2 aliphatic heterocycles. The summed E-state index contributed by atoms with van der Waals surface area (Å²) in [7, 11) is 0. The van der Waals surface area contributed by atoms with Gasteiger partial charge in [-0.15, -0.1) is 6.58 Å². The van der Waals surface area contributed by atoms with Gasteiger partial charge < -0.3 is 47.0 Å². The Bertz CT molecular complexity index is 1340. The van der Waals surface area contributed by atoms with Crippen LogP contribution in [0.2, 0.25) is 0 Å². The van der Waals surface area contributed by atoms with Gasteiger partial charge in [-0.25, -0.2) is 0 Å². The fourth-order valence-electron chi connectivity index (χ4n) is 6.28. The van der Waals surface area contributed by atoms with Crippen molar-refractivity contribution >= 4 is 41.4 Å². The third kappa shape index (κ3) is 12.2. The number of allylic oxidation sites excluding steroid dienone is 1. The Morgan fingerprint density at radius 3 is 1.70 bits per heavy atom. The number of rotatable bonds is 9. The molecule has 0 spiro atoms. The molecule has 0 saturated carbocycles. The van der Waals surface area contributed by atoms with Crippen molar-refractivity contribution in [3.63, 3.8) is 0 Å². The van der Waals surface area contributed by atoms with Crippen molar-refractivity contribution in [2.24, 2.45) is 23.7 Å². The lowest BCUT2D eigenvalue weighted by molar-refractivity contribution is -0.146. The van der Waals surface area contributed by atoms with Gasteiger partial charge in [-0.2, -0.15) is 0 Å². The highest BCUT2D eigenvalue weighted by Crippen LogP contribution is 2.20. The van der Waals surface area contributed by atoms with E-state index in [-0.39, 0.29) is 25.3 Å². The summed E-state index contributed by atoms with van der Waals surface area (Å²) in [6.07, 6.45) is 0.760. The molecule has 16 nitrogen and oxygen atoms in total. The van der Waals surface area contributed by atoms with Crippen molar-refractivity contribution in [1.82, 2.24) is 36.8 Å². The summed E-state index contributed by atoms with van der Waals surface area (Å²) in [5.41, 5.74) is 0. The molecule has 0 bridgehead atoms. The Morgan fingerprint density at radius 2 is 1.17 bits per heavy atom. The maximum absolute atomic E-state index is 13.9. The Morgan fingerprint density at radius 1 is 0.679 bits per heavy atom. The minimum atomic E-state index is -1.54. The third-order valence-electron chi connectivity index (χ3n) is 10.2. The molecule has 2 rings (SSSR count). The van der Waals surface area contributed by atoms with Gasteiger partial charge in [0.05, 0.1) is 12.2 Å². The summed E-state index contributed by atoms with van der Waals surface area (Å²) >= 11 is 0. The molecule has 0 aromatic rings. The molecule has 53 heavy (non-hydrogen) atoms. The van der Waals surface area contributed by atoms with Crippen molar-refractivity contribution in [3.05, 3.63) is 12.7 Å². The van der Waals surface area contributed by atoms with Crippen LogP contribution in [0.3, 0.4) is 0 Å². The summed E-state index contributed by atoms with van der Waals surface area (Å²) in [6.45, 7) is 18.7. The van der Waals surface area contributed by atoms with Crippen molar-refractivity contribution in [2.75, 3.05) is 6.54 Å². The molecule has 16 heteroatoms. The highest BCUT2D eigenvalue weighted by molar-refractivity contribution is 5.98. The largest absolute Gasteiger partial charge is 0.390 e. The number of hydrogen-bond acceptors (Lipinski definition) is 9. The number of aliphatic hydroxyl groups excluding tert-OH is 2. The number of hydrogen-bond donors (Lipinski definition) is 8. The number of carbonyl (C=O) groups excluding carboxylic acids is 7. The van der Waals surface area contributed by atoms with Crippen LogP contribution < -0.4 is 31.9 Å². The van der Waals surface area contributed by atoms with E-state index in [9.17, 15) is 43.8 Å². The van der Waals surface area contributed by atoms with Crippen LogP contribution >= 0.6 is 0 Å². The molecule has 2 fully saturated rings. The van der Waals surface area contributed by atoms with Crippen LogP contribution in [0.5, 0.6) is 0 Å². The molecule has 2 aliphatic rings. The van der Waals surface area contributed by atoms with E-state index < -0.39 is 114 Å². The van der Waals surface area contributed by atoms with Crippen LogP contribution in [0.1, 0.15) is 94.4 Å². The van der Waals surface area contributed by atoms with Crippen LogP contribution in [0.15, 0.2) is 12.7 Å². The molecule has 2 saturated heterocycles. The molecule has 0 aliphatic carbocycles. The number of fused-ring (bicyclic) bond motifs is 1. The Hall–Kier alpha value is -4.05. The normalized spacial score (nSPS) is 29.9. The van der Waals surface area contributed by atoms with E-state index in [0.717, 1.165) is 0 Å². The maximum atomic E-state index is 13.9. The zero-order valence-corrected chi connectivity index (χ0v) is 32.7. The van der Waals surface area contributed by atoms with Crippen LogP contribution in [-0.2, 0) is 33.6 Å². The average molecular weight is 750 g/mol. The van der Waals surface area contributed by atoms with Crippen molar-refractivity contribution in [1.29, 1.82) is 0 Å². The lowest BCUT2D eigenvalue weighted by Crippen LogP contribution is -2.63. The van der Waals surface area contributed by atoms with Crippen molar-refractivity contribution in [3.8, 4) is 0 Å². The number of nitrogens with one attached hydrogen (secondary N) is 6. The van der Waals surface area contributed by atoms with Gasteiger partial charge in [0, 0.05) is 6.54 Å². The lowest BCUT2D eigenvalue weighted by atomic mass is 9.94. The highest BCUT2D eigenvalue weighted by Gasteiger charge is 2.41. The molecule has 300 valence electrons. The zero-order chi connectivity index (χ0) is 40.3. The molecule has 11 atom stereocenters. The van der Waals surface area contributed by atoms with E-state index in [0.29, 0.717) is 19.3 Å². The molecular formula is C37H63N7O9. The van der Waals surface area contributed by atoms with Gasteiger partial charge in [0.25, 0.3) is 0 Å². The molecule has 7 amide bonds. The zero-order valence-electron chi connectivity index (χ0n) is 32.7. The van der Waals surface area contributed by atoms with Gasteiger partial charge in [0.15, 0.2) is 0 Å². The van der Waals surface area contributed by atoms with Crippen LogP contribution in [-0.4, -0.2) is 118 Å². The van der Waals surface area contributed by atoms with Gasteiger partial charge in [0.2, 0.25) is 41.4 Å². The second kappa shape index (κ2) is 20.4. The topological polar surface area (TPSA) is 235 Å². The first-order valence-corrected chi connectivity index (χ1v) is 18.9. The highest BCUT2D eigenvalue weighted by atomic mass is 16.3. The summed E-state index contributed by atoms with van der Waals surface area (Å²) in [6, 6.07) is -8.89. The fraction of sp³-hybridized carbons (Fsp3) is 0.757. The van der Waals surface area contributed by atoms with Gasteiger partial charge in [0.1, 0.15) is 42.3 Å². The van der Waals surface area contributed by atoms with Crippen LogP contribution in [0.25, 0.3) is 0 Å². The average Bonchev–Trinajstić information content (AvgIpc) is 3.12. The minimum absolute atomic E-state index is 0.0687. The van der Waals surface area contributed by atoms with E-state index in [1.807, 2.05) is 0 Å². The van der Waals surface area contributed by atoms with E-state index in [2.05, 4.69) is 38.5 Å². The number of carbonyl (C=O) groups is 7.